The maximum absolute atomic E-state index is 13.2. The fourth-order valence-electron chi connectivity index (χ4n) is 7.90. The maximum Gasteiger partial charge on any atom is 0.306 e. The van der Waals surface area contributed by atoms with E-state index in [1.54, 1.807) is 0 Å². The number of carbonyl (C=O) groups is 2. The normalized spacial score (nSPS) is 13.5. The largest absolute Gasteiger partial charge is 0.462 e. The van der Waals surface area contributed by atoms with Gasteiger partial charge < -0.3 is 20.3 Å². The molecular weight excluding hydrogens is 731 g/mol. The molecule has 0 aliphatic rings. The summed E-state index contributed by atoms with van der Waals surface area (Å²) >= 11 is 0. The molecule has 0 aromatic rings. The van der Waals surface area contributed by atoms with Crippen molar-refractivity contribution in [3.63, 3.8) is 0 Å². The van der Waals surface area contributed by atoms with E-state index in [0.717, 1.165) is 70.6 Å². The Balaban J connectivity index is 4.51. The third-order valence-electron chi connectivity index (χ3n) is 11.8. The van der Waals surface area contributed by atoms with Gasteiger partial charge in [-0.05, 0) is 44.9 Å². The molecule has 3 unspecified atom stereocenters. The molecule has 346 valence electrons. The van der Waals surface area contributed by atoms with Crippen molar-refractivity contribution in [3.8, 4) is 0 Å². The van der Waals surface area contributed by atoms with E-state index in [1.807, 2.05) is 6.08 Å². The molecule has 0 bridgehead atoms. The minimum absolute atomic E-state index is 0.0581. The van der Waals surface area contributed by atoms with Crippen molar-refractivity contribution in [2.24, 2.45) is 0 Å². The SMILES string of the molecule is CC/C=C/C=C/C=C\CCCCCC(CC(=O)NC(CO)C(O)CCCCCCCCCCCCCC)OC(=O)CCCCCCCCCCCCCCCCCCC. The lowest BCUT2D eigenvalue weighted by atomic mass is 10.0. The van der Waals surface area contributed by atoms with Crippen molar-refractivity contribution in [2.45, 2.75) is 283 Å². The number of hydrogen-bond acceptors (Lipinski definition) is 5. The summed E-state index contributed by atoms with van der Waals surface area (Å²) in [5.41, 5.74) is 0. The Bertz CT molecular complexity index is 977. The van der Waals surface area contributed by atoms with Gasteiger partial charge in [0, 0.05) is 6.42 Å². The molecule has 6 heteroatoms. The molecule has 0 rings (SSSR count). The summed E-state index contributed by atoms with van der Waals surface area (Å²) in [5, 5.41) is 23.7. The van der Waals surface area contributed by atoms with Gasteiger partial charge in [-0.15, -0.1) is 0 Å². The lowest BCUT2D eigenvalue weighted by Gasteiger charge is -2.24. The van der Waals surface area contributed by atoms with Crippen LogP contribution < -0.4 is 5.32 Å². The van der Waals surface area contributed by atoms with Gasteiger partial charge in [0.15, 0.2) is 0 Å². The van der Waals surface area contributed by atoms with Crippen molar-refractivity contribution in [3.05, 3.63) is 36.5 Å². The Kier molecular flexibility index (Phi) is 45.6. The first-order valence-electron chi connectivity index (χ1n) is 25.7. The Morgan fingerprint density at radius 1 is 0.508 bits per heavy atom. The van der Waals surface area contributed by atoms with E-state index in [9.17, 15) is 19.8 Å². The van der Waals surface area contributed by atoms with Gasteiger partial charge in [0.25, 0.3) is 0 Å². The highest BCUT2D eigenvalue weighted by atomic mass is 16.5. The van der Waals surface area contributed by atoms with Crippen molar-refractivity contribution < 1.29 is 24.5 Å². The number of aliphatic hydroxyl groups excluding tert-OH is 2. The summed E-state index contributed by atoms with van der Waals surface area (Å²) in [4.78, 5) is 26.1. The van der Waals surface area contributed by atoms with Gasteiger partial charge >= 0.3 is 5.97 Å². The van der Waals surface area contributed by atoms with Crippen LogP contribution in [0.1, 0.15) is 265 Å². The first-order chi connectivity index (χ1) is 29.0. The zero-order valence-electron chi connectivity index (χ0n) is 39.4. The van der Waals surface area contributed by atoms with Gasteiger partial charge in [0.05, 0.1) is 25.2 Å². The summed E-state index contributed by atoms with van der Waals surface area (Å²) in [5.74, 6) is -0.499. The predicted octanol–water partition coefficient (Wildman–Crippen LogP) is 15.3. The number of esters is 1. The number of hydrogen-bond donors (Lipinski definition) is 3. The Labute approximate surface area is 366 Å². The second-order valence-electron chi connectivity index (χ2n) is 17.6. The lowest BCUT2D eigenvalue weighted by molar-refractivity contribution is -0.151. The monoisotopic (exact) mass is 830 g/mol. The van der Waals surface area contributed by atoms with E-state index >= 15 is 0 Å². The molecule has 0 saturated heterocycles. The third kappa shape index (κ3) is 42.6. The Hall–Kier alpha value is -1.92. The van der Waals surface area contributed by atoms with E-state index in [-0.39, 0.29) is 24.9 Å². The van der Waals surface area contributed by atoms with E-state index in [1.165, 1.54) is 148 Å². The van der Waals surface area contributed by atoms with Crippen LogP contribution in [0.4, 0.5) is 0 Å². The molecule has 0 aromatic carbocycles. The predicted molar refractivity (Wildman–Crippen MR) is 255 cm³/mol. The van der Waals surface area contributed by atoms with Gasteiger partial charge in [-0.2, -0.15) is 0 Å². The average molecular weight is 830 g/mol. The van der Waals surface area contributed by atoms with Gasteiger partial charge in [-0.1, -0.05) is 243 Å². The molecule has 0 saturated carbocycles. The number of aliphatic hydroxyl groups is 2. The Morgan fingerprint density at radius 3 is 1.37 bits per heavy atom. The van der Waals surface area contributed by atoms with Crippen LogP contribution in [0.3, 0.4) is 0 Å². The van der Waals surface area contributed by atoms with Crippen LogP contribution in [-0.4, -0.2) is 46.9 Å². The van der Waals surface area contributed by atoms with Crippen LogP contribution in [0.5, 0.6) is 0 Å². The smallest absolute Gasteiger partial charge is 0.306 e. The molecule has 0 aliphatic carbocycles. The van der Waals surface area contributed by atoms with Crippen LogP contribution in [-0.2, 0) is 14.3 Å². The molecule has 0 fully saturated rings. The van der Waals surface area contributed by atoms with Crippen molar-refractivity contribution >= 4 is 11.9 Å². The van der Waals surface area contributed by atoms with E-state index < -0.39 is 18.2 Å². The van der Waals surface area contributed by atoms with Gasteiger partial charge in [0.2, 0.25) is 5.91 Å². The third-order valence-corrected chi connectivity index (χ3v) is 11.8. The highest BCUT2D eigenvalue weighted by molar-refractivity contribution is 5.77. The van der Waals surface area contributed by atoms with Crippen LogP contribution in [0, 0.1) is 0 Å². The standard InChI is InChI=1S/C53H99NO5/c1-4-7-10-13-16-19-22-24-25-26-27-28-31-34-37-40-43-46-53(58)59-49(44-41-38-35-32-29-21-18-15-12-9-6-3)47-52(57)54-50(48-55)51(56)45-42-39-36-33-30-23-20-17-14-11-8-5-2/h9,12,15,18,21,29,49-51,55-56H,4-8,10-11,13-14,16-17,19-20,22-28,30-48H2,1-3H3,(H,54,57)/b12-9+,18-15+,29-21-. The fourth-order valence-corrected chi connectivity index (χ4v) is 7.90. The molecule has 3 N–H and O–H groups in total. The molecule has 59 heavy (non-hydrogen) atoms. The average Bonchev–Trinajstić information content (AvgIpc) is 3.23. The number of rotatable bonds is 46. The number of amides is 1. The highest BCUT2D eigenvalue weighted by Crippen LogP contribution is 2.18. The second-order valence-corrected chi connectivity index (χ2v) is 17.6. The molecule has 6 nitrogen and oxygen atoms in total. The molecular formula is C53H99NO5. The van der Waals surface area contributed by atoms with E-state index in [0.29, 0.717) is 19.3 Å². The van der Waals surface area contributed by atoms with Crippen molar-refractivity contribution in [2.75, 3.05) is 6.61 Å². The summed E-state index contributed by atoms with van der Waals surface area (Å²) in [6.45, 7) is 6.35. The number of carbonyl (C=O) groups excluding carboxylic acids is 2. The molecule has 0 heterocycles. The maximum atomic E-state index is 13.2. The van der Waals surface area contributed by atoms with Gasteiger partial charge in [0.1, 0.15) is 6.10 Å². The first-order valence-corrected chi connectivity index (χ1v) is 25.7. The first kappa shape index (κ1) is 57.1. The van der Waals surface area contributed by atoms with Gasteiger partial charge in [-0.3, -0.25) is 9.59 Å². The molecule has 3 atom stereocenters. The number of nitrogens with one attached hydrogen (secondary N) is 1. The summed E-state index contributed by atoms with van der Waals surface area (Å²) in [6.07, 6.45) is 55.0. The molecule has 0 aromatic heterocycles. The van der Waals surface area contributed by atoms with Crippen molar-refractivity contribution in [1.29, 1.82) is 0 Å². The minimum atomic E-state index is -0.793. The van der Waals surface area contributed by atoms with Crippen LogP contribution in [0.15, 0.2) is 36.5 Å². The zero-order valence-corrected chi connectivity index (χ0v) is 39.4. The van der Waals surface area contributed by atoms with E-state index in [2.05, 4.69) is 56.5 Å². The minimum Gasteiger partial charge on any atom is -0.462 e. The van der Waals surface area contributed by atoms with Crippen molar-refractivity contribution in [1.82, 2.24) is 5.32 Å². The topological polar surface area (TPSA) is 95.9 Å². The number of ether oxygens (including phenoxy) is 1. The summed E-state index contributed by atoms with van der Waals surface area (Å²) < 4.78 is 5.91. The second kappa shape index (κ2) is 47.1. The Morgan fingerprint density at radius 2 is 0.915 bits per heavy atom. The van der Waals surface area contributed by atoms with Gasteiger partial charge in [-0.25, -0.2) is 0 Å². The van der Waals surface area contributed by atoms with Crippen LogP contribution in [0.25, 0.3) is 0 Å². The zero-order chi connectivity index (χ0) is 43.1. The molecule has 1 amide bonds. The quantitative estimate of drug-likeness (QED) is 0.0323. The number of allylic oxidation sites excluding steroid dienone is 6. The van der Waals surface area contributed by atoms with Crippen LogP contribution >= 0.6 is 0 Å². The summed E-state index contributed by atoms with van der Waals surface area (Å²) in [7, 11) is 0. The fraction of sp³-hybridized carbons (Fsp3) is 0.849. The highest BCUT2D eigenvalue weighted by Gasteiger charge is 2.24. The summed E-state index contributed by atoms with van der Waals surface area (Å²) in [6, 6.07) is -0.709. The molecule has 0 radical (unpaired) electrons. The number of unbranched alkanes of at least 4 members (excludes halogenated alkanes) is 30. The molecule has 0 spiro atoms. The van der Waals surface area contributed by atoms with Crippen LogP contribution in [0.2, 0.25) is 0 Å². The molecule has 0 aliphatic heterocycles. The lowest BCUT2D eigenvalue weighted by Crippen LogP contribution is -2.46. The van der Waals surface area contributed by atoms with E-state index in [4.69, 9.17) is 4.74 Å².